The van der Waals surface area contributed by atoms with Gasteiger partial charge in [0.25, 0.3) is 0 Å². The molecule has 2 heteroatoms. The molecule has 0 aromatic carbocycles. The molecule has 0 saturated heterocycles. The third kappa shape index (κ3) is 7.60. The zero-order chi connectivity index (χ0) is 11.1. The third-order valence-electron chi connectivity index (χ3n) is 1.59. The molecule has 0 spiro atoms. The van der Waals surface area contributed by atoms with Gasteiger partial charge in [0.05, 0.1) is 12.1 Å². The predicted octanol–water partition coefficient (Wildman–Crippen LogP) is 1.58. The molecule has 0 aromatic heterocycles. The molecule has 0 aliphatic rings. The van der Waals surface area contributed by atoms with Crippen molar-refractivity contribution in [3.63, 3.8) is 0 Å². The topological polar surface area (TPSA) is 52.0 Å². The fourth-order valence-corrected chi connectivity index (χ4v) is 1.07. The largest absolute Gasteiger partial charge is 0.317 e. The van der Waals surface area contributed by atoms with Crippen LogP contribution in [0.25, 0.3) is 0 Å². The Bertz CT molecular complexity index is 242. The minimum absolute atomic E-state index is 0.149. The van der Waals surface area contributed by atoms with Crippen molar-refractivity contribution < 1.29 is 0 Å². The van der Waals surface area contributed by atoms with Gasteiger partial charge in [0.15, 0.2) is 0 Å². The Kier molecular flexibility index (Phi) is 5.94. The monoisotopic (exact) mass is 192 g/mol. The van der Waals surface area contributed by atoms with Crippen LogP contribution in [0.4, 0.5) is 0 Å². The molecule has 0 bridgehead atoms. The van der Waals surface area contributed by atoms with Crippen LogP contribution in [-0.2, 0) is 0 Å². The summed E-state index contributed by atoms with van der Waals surface area (Å²) < 4.78 is 0. The van der Waals surface area contributed by atoms with Gasteiger partial charge in [0.1, 0.15) is 0 Å². The van der Waals surface area contributed by atoms with Crippen molar-refractivity contribution in [1.82, 2.24) is 0 Å². The van der Waals surface area contributed by atoms with E-state index in [0.717, 1.165) is 24.0 Å². The summed E-state index contributed by atoms with van der Waals surface area (Å²) in [7, 11) is 0. The molecule has 2 unspecified atom stereocenters. The Morgan fingerprint density at radius 2 is 1.29 bits per heavy atom. The van der Waals surface area contributed by atoms with E-state index in [1.54, 1.807) is 0 Å². The SMILES string of the molecule is C=C(C)CC(N)C#CC(N)CC(=C)C. The minimum atomic E-state index is -0.149. The lowest BCUT2D eigenvalue weighted by molar-refractivity contribution is 0.804. The quantitative estimate of drug-likeness (QED) is 0.525. The Morgan fingerprint density at radius 1 is 1.00 bits per heavy atom. The molecule has 0 amide bonds. The van der Waals surface area contributed by atoms with Crippen LogP contribution >= 0.6 is 0 Å². The van der Waals surface area contributed by atoms with E-state index in [2.05, 4.69) is 25.0 Å². The van der Waals surface area contributed by atoms with Crippen LogP contribution in [0.1, 0.15) is 26.7 Å². The van der Waals surface area contributed by atoms with Crippen molar-refractivity contribution in [2.24, 2.45) is 11.5 Å². The highest BCUT2D eigenvalue weighted by Crippen LogP contribution is 2.00. The molecule has 4 N–H and O–H groups in total. The zero-order valence-corrected chi connectivity index (χ0v) is 9.14. The second-order valence-electron chi connectivity index (χ2n) is 3.82. The summed E-state index contributed by atoms with van der Waals surface area (Å²) in [5.74, 6) is 5.84. The standard InChI is InChI=1S/C12H20N2/c1-9(2)7-11(13)5-6-12(14)8-10(3)4/h11-12H,1,3,7-8,13-14H2,2,4H3. The summed E-state index contributed by atoms with van der Waals surface area (Å²) in [5, 5.41) is 0. The first kappa shape index (κ1) is 13.0. The highest BCUT2D eigenvalue weighted by Gasteiger charge is 1.99. The molecule has 14 heavy (non-hydrogen) atoms. The zero-order valence-electron chi connectivity index (χ0n) is 9.14. The van der Waals surface area contributed by atoms with Crippen molar-refractivity contribution in [2.75, 3.05) is 0 Å². The van der Waals surface area contributed by atoms with Crippen LogP contribution in [0.2, 0.25) is 0 Å². The first-order valence-corrected chi connectivity index (χ1v) is 4.72. The second-order valence-corrected chi connectivity index (χ2v) is 3.82. The van der Waals surface area contributed by atoms with E-state index in [1.165, 1.54) is 0 Å². The molecule has 0 rings (SSSR count). The first-order chi connectivity index (χ1) is 6.41. The molecule has 2 atom stereocenters. The maximum Gasteiger partial charge on any atom is 0.0702 e. The minimum Gasteiger partial charge on any atom is -0.317 e. The number of hydrogen-bond donors (Lipinski definition) is 2. The van der Waals surface area contributed by atoms with Gasteiger partial charge in [-0.1, -0.05) is 23.0 Å². The maximum absolute atomic E-state index is 5.74. The highest BCUT2D eigenvalue weighted by molar-refractivity contribution is 5.16. The Hall–Kier alpha value is -1.04. The summed E-state index contributed by atoms with van der Waals surface area (Å²) >= 11 is 0. The lowest BCUT2D eigenvalue weighted by atomic mass is 10.1. The lowest BCUT2D eigenvalue weighted by Gasteiger charge is -2.05. The molecule has 0 aromatic rings. The molecule has 0 saturated carbocycles. The summed E-state index contributed by atoms with van der Waals surface area (Å²) in [6, 6.07) is -0.299. The van der Waals surface area contributed by atoms with E-state index in [0.29, 0.717) is 0 Å². The van der Waals surface area contributed by atoms with E-state index in [-0.39, 0.29) is 12.1 Å². The predicted molar refractivity (Wildman–Crippen MR) is 62.6 cm³/mol. The van der Waals surface area contributed by atoms with Gasteiger partial charge in [0, 0.05) is 0 Å². The van der Waals surface area contributed by atoms with Gasteiger partial charge >= 0.3 is 0 Å². The number of hydrogen-bond acceptors (Lipinski definition) is 2. The Morgan fingerprint density at radius 3 is 1.50 bits per heavy atom. The van der Waals surface area contributed by atoms with Crippen LogP contribution in [-0.4, -0.2) is 12.1 Å². The van der Waals surface area contributed by atoms with E-state index in [1.807, 2.05) is 13.8 Å². The van der Waals surface area contributed by atoms with Crippen LogP contribution in [0, 0.1) is 11.8 Å². The van der Waals surface area contributed by atoms with Gasteiger partial charge < -0.3 is 11.5 Å². The average molecular weight is 192 g/mol. The third-order valence-corrected chi connectivity index (χ3v) is 1.59. The van der Waals surface area contributed by atoms with E-state index in [4.69, 9.17) is 11.5 Å². The molecule has 2 nitrogen and oxygen atoms in total. The van der Waals surface area contributed by atoms with Crippen molar-refractivity contribution >= 4 is 0 Å². The molecular formula is C12H20N2. The van der Waals surface area contributed by atoms with Gasteiger partial charge in [-0.2, -0.15) is 0 Å². The molecule has 0 aliphatic carbocycles. The van der Waals surface area contributed by atoms with Crippen molar-refractivity contribution in [1.29, 1.82) is 0 Å². The summed E-state index contributed by atoms with van der Waals surface area (Å²) in [6.45, 7) is 11.4. The summed E-state index contributed by atoms with van der Waals surface area (Å²) in [5.41, 5.74) is 13.6. The van der Waals surface area contributed by atoms with Crippen molar-refractivity contribution in [3.05, 3.63) is 24.3 Å². The fraction of sp³-hybridized carbons (Fsp3) is 0.500. The van der Waals surface area contributed by atoms with Gasteiger partial charge in [-0.15, -0.1) is 13.2 Å². The molecule has 0 heterocycles. The van der Waals surface area contributed by atoms with Gasteiger partial charge in [0.2, 0.25) is 0 Å². The summed E-state index contributed by atoms with van der Waals surface area (Å²) in [6.07, 6.45) is 1.46. The number of rotatable bonds is 4. The van der Waals surface area contributed by atoms with Crippen LogP contribution in [0.5, 0.6) is 0 Å². The van der Waals surface area contributed by atoms with E-state index >= 15 is 0 Å². The fourth-order valence-electron chi connectivity index (χ4n) is 1.07. The maximum atomic E-state index is 5.74. The molecule has 0 radical (unpaired) electrons. The second kappa shape index (κ2) is 6.42. The van der Waals surface area contributed by atoms with E-state index in [9.17, 15) is 0 Å². The van der Waals surface area contributed by atoms with Crippen LogP contribution in [0.3, 0.4) is 0 Å². The van der Waals surface area contributed by atoms with Crippen molar-refractivity contribution in [2.45, 2.75) is 38.8 Å². The highest BCUT2D eigenvalue weighted by atomic mass is 14.6. The smallest absolute Gasteiger partial charge is 0.0702 e. The van der Waals surface area contributed by atoms with E-state index < -0.39 is 0 Å². The number of nitrogens with two attached hydrogens (primary N) is 2. The Labute approximate surface area is 87.1 Å². The van der Waals surface area contributed by atoms with Crippen molar-refractivity contribution in [3.8, 4) is 11.8 Å². The molecule has 78 valence electrons. The Balaban J connectivity index is 4.01. The molecule has 0 aliphatic heterocycles. The average Bonchev–Trinajstić information content (AvgIpc) is 1.98. The molecular weight excluding hydrogens is 172 g/mol. The molecule has 0 fully saturated rings. The van der Waals surface area contributed by atoms with Gasteiger partial charge in [-0.3, -0.25) is 0 Å². The van der Waals surface area contributed by atoms with Crippen LogP contribution in [0.15, 0.2) is 24.3 Å². The first-order valence-electron chi connectivity index (χ1n) is 4.72. The van der Waals surface area contributed by atoms with Gasteiger partial charge in [-0.05, 0) is 26.7 Å². The normalized spacial score (nSPS) is 13.7. The van der Waals surface area contributed by atoms with Crippen LogP contribution < -0.4 is 11.5 Å². The van der Waals surface area contributed by atoms with Gasteiger partial charge in [-0.25, -0.2) is 0 Å². The summed E-state index contributed by atoms with van der Waals surface area (Å²) in [4.78, 5) is 0. The lowest BCUT2D eigenvalue weighted by Crippen LogP contribution is -2.21.